The number of benzene rings is 9. The molecule has 0 amide bonds. The second-order valence-electron chi connectivity index (χ2n) is 13.2. The Morgan fingerprint density at radius 1 is 0.220 bits per heavy atom. The summed E-state index contributed by atoms with van der Waals surface area (Å²) in [7, 11) is 0. The van der Waals surface area contributed by atoms with Gasteiger partial charge in [0.1, 0.15) is 0 Å². The van der Waals surface area contributed by atoms with Crippen LogP contribution in [-0.2, 0) is 0 Å². The van der Waals surface area contributed by atoms with Gasteiger partial charge in [-0.05, 0) is 105 Å². The zero-order valence-electron chi connectivity index (χ0n) is 27.5. The van der Waals surface area contributed by atoms with Crippen molar-refractivity contribution >= 4 is 21.5 Å². The normalized spacial score (nSPS) is 11.6. The summed E-state index contributed by atoms with van der Waals surface area (Å²) in [5, 5.41) is 5.13. The van der Waals surface area contributed by atoms with Gasteiger partial charge in [0.2, 0.25) is 0 Å². The Balaban J connectivity index is 1.40. The third kappa shape index (κ3) is 4.39. The maximum absolute atomic E-state index is 2.39. The fourth-order valence-electron chi connectivity index (χ4n) is 8.29. The van der Waals surface area contributed by atoms with Crippen molar-refractivity contribution in [3.63, 3.8) is 0 Å². The molecule has 0 radical (unpaired) electrons. The maximum atomic E-state index is 2.39. The molecule has 9 aromatic carbocycles. The molecule has 9 aromatic rings. The molecule has 0 unspecified atom stereocenters. The first kappa shape index (κ1) is 28.5. The van der Waals surface area contributed by atoms with E-state index in [9.17, 15) is 0 Å². The van der Waals surface area contributed by atoms with Crippen LogP contribution in [0.2, 0.25) is 0 Å². The highest BCUT2D eigenvalue weighted by atomic mass is 14.4. The van der Waals surface area contributed by atoms with Crippen LogP contribution in [0, 0.1) is 0 Å². The molecule has 0 aliphatic heterocycles. The van der Waals surface area contributed by atoms with Gasteiger partial charge in [-0.25, -0.2) is 0 Å². The minimum atomic E-state index is 1.21. The van der Waals surface area contributed by atoms with Crippen molar-refractivity contribution in [3.05, 3.63) is 194 Å². The lowest BCUT2D eigenvalue weighted by Crippen LogP contribution is -1.99. The van der Waals surface area contributed by atoms with Gasteiger partial charge in [-0.1, -0.05) is 188 Å². The fourth-order valence-corrected chi connectivity index (χ4v) is 8.29. The van der Waals surface area contributed by atoms with Gasteiger partial charge in [0.05, 0.1) is 0 Å². The summed E-state index contributed by atoms with van der Waals surface area (Å²) in [6.45, 7) is 0. The van der Waals surface area contributed by atoms with Crippen molar-refractivity contribution in [2.75, 3.05) is 0 Å². The molecule has 0 N–H and O–H groups in total. The SMILES string of the molecule is c1ccc(-c2c(-c3ccccc3)c(-c3ccccc3)c3c(c2-c2ccccc2)-c2cccc4c(-c5ccc6ccccc6c5)ccc-3c24)cc1. The van der Waals surface area contributed by atoms with Gasteiger partial charge in [0.25, 0.3) is 0 Å². The molecular weight excluding hydrogens is 601 g/mol. The highest BCUT2D eigenvalue weighted by Gasteiger charge is 2.34. The predicted octanol–water partition coefficient (Wildman–Crippen LogP) is 14.0. The molecule has 0 heterocycles. The summed E-state index contributed by atoms with van der Waals surface area (Å²) in [4.78, 5) is 0. The van der Waals surface area contributed by atoms with Crippen LogP contribution in [0.3, 0.4) is 0 Å². The number of fused-ring (bicyclic) bond motifs is 4. The van der Waals surface area contributed by atoms with Gasteiger partial charge >= 0.3 is 0 Å². The zero-order valence-corrected chi connectivity index (χ0v) is 27.5. The van der Waals surface area contributed by atoms with Crippen LogP contribution in [0.5, 0.6) is 0 Å². The zero-order chi connectivity index (χ0) is 33.0. The van der Waals surface area contributed by atoms with Crippen LogP contribution in [0.1, 0.15) is 0 Å². The Morgan fingerprint density at radius 2 is 0.640 bits per heavy atom. The fraction of sp³-hybridized carbons (Fsp3) is 0. The summed E-state index contributed by atoms with van der Waals surface area (Å²) in [5.74, 6) is 0. The van der Waals surface area contributed by atoms with Crippen LogP contribution in [-0.4, -0.2) is 0 Å². The summed E-state index contributed by atoms with van der Waals surface area (Å²) in [6.07, 6.45) is 0. The van der Waals surface area contributed by atoms with E-state index < -0.39 is 0 Å². The van der Waals surface area contributed by atoms with Crippen molar-refractivity contribution in [2.45, 2.75) is 0 Å². The molecule has 0 bridgehead atoms. The third-order valence-electron chi connectivity index (χ3n) is 10.4. The topological polar surface area (TPSA) is 0 Å². The number of rotatable bonds is 5. The Bertz CT molecular complexity index is 2590. The van der Waals surface area contributed by atoms with E-state index in [0.29, 0.717) is 0 Å². The van der Waals surface area contributed by atoms with Crippen LogP contribution in [0.4, 0.5) is 0 Å². The molecule has 0 atom stereocenters. The van der Waals surface area contributed by atoms with Gasteiger partial charge in [-0.15, -0.1) is 0 Å². The van der Waals surface area contributed by atoms with Gasteiger partial charge in [0, 0.05) is 0 Å². The lowest BCUT2D eigenvalue weighted by molar-refractivity contribution is 1.54. The smallest absolute Gasteiger partial charge is 0.000718 e. The highest BCUT2D eigenvalue weighted by Crippen LogP contribution is 2.61. The van der Waals surface area contributed by atoms with E-state index >= 15 is 0 Å². The molecule has 0 aromatic heterocycles. The van der Waals surface area contributed by atoms with Gasteiger partial charge in [-0.3, -0.25) is 0 Å². The van der Waals surface area contributed by atoms with E-state index in [0.717, 1.165) is 0 Å². The molecule has 232 valence electrons. The van der Waals surface area contributed by atoms with E-state index in [2.05, 4.69) is 194 Å². The maximum Gasteiger partial charge on any atom is -0.000718 e. The van der Waals surface area contributed by atoms with Gasteiger partial charge in [-0.2, -0.15) is 0 Å². The molecule has 1 aliphatic rings. The largest absolute Gasteiger partial charge is 0.0622 e. The van der Waals surface area contributed by atoms with Crippen molar-refractivity contribution in [1.82, 2.24) is 0 Å². The molecular formula is C50H32. The molecule has 10 rings (SSSR count). The van der Waals surface area contributed by atoms with Crippen LogP contribution < -0.4 is 0 Å². The first-order chi connectivity index (χ1) is 24.8. The first-order valence-corrected chi connectivity index (χ1v) is 17.4. The van der Waals surface area contributed by atoms with E-state index in [1.54, 1.807) is 0 Å². The summed E-state index contributed by atoms with van der Waals surface area (Å²) in [5.41, 5.74) is 17.7. The average Bonchev–Trinajstić information content (AvgIpc) is 3.53. The molecule has 0 saturated carbocycles. The van der Waals surface area contributed by atoms with E-state index in [1.165, 1.54) is 99.4 Å². The van der Waals surface area contributed by atoms with Crippen molar-refractivity contribution < 1.29 is 0 Å². The molecule has 0 spiro atoms. The molecule has 0 saturated heterocycles. The van der Waals surface area contributed by atoms with Gasteiger partial charge < -0.3 is 0 Å². The minimum absolute atomic E-state index is 1.21. The van der Waals surface area contributed by atoms with Crippen molar-refractivity contribution in [1.29, 1.82) is 0 Å². The van der Waals surface area contributed by atoms with E-state index in [1.807, 2.05) is 0 Å². The monoisotopic (exact) mass is 632 g/mol. The summed E-state index contributed by atoms with van der Waals surface area (Å²) < 4.78 is 0. The molecule has 0 fully saturated rings. The Morgan fingerprint density at radius 3 is 1.16 bits per heavy atom. The molecule has 0 heteroatoms. The first-order valence-electron chi connectivity index (χ1n) is 17.4. The van der Waals surface area contributed by atoms with Crippen LogP contribution >= 0.6 is 0 Å². The number of hydrogen-bond acceptors (Lipinski definition) is 0. The van der Waals surface area contributed by atoms with Crippen LogP contribution in [0.25, 0.3) is 99.4 Å². The predicted molar refractivity (Wildman–Crippen MR) is 213 cm³/mol. The van der Waals surface area contributed by atoms with E-state index in [-0.39, 0.29) is 0 Å². The third-order valence-corrected chi connectivity index (χ3v) is 10.4. The highest BCUT2D eigenvalue weighted by molar-refractivity contribution is 6.27. The minimum Gasteiger partial charge on any atom is -0.0622 e. The summed E-state index contributed by atoms with van der Waals surface area (Å²) >= 11 is 0. The second-order valence-corrected chi connectivity index (χ2v) is 13.2. The number of hydrogen-bond donors (Lipinski definition) is 0. The van der Waals surface area contributed by atoms with Gasteiger partial charge in [0.15, 0.2) is 0 Å². The van der Waals surface area contributed by atoms with E-state index in [4.69, 9.17) is 0 Å². The van der Waals surface area contributed by atoms with Crippen molar-refractivity contribution in [3.8, 4) is 77.9 Å². The van der Waals surface area contributed by atoms with Crippen LogP contribution in [0.15, 0.2) is 194 Å². The lowest BCUT2D eigenvalue weighted by atomic mass is 9.76. The quantitative estimate of drug-likeness (QED) is 0.177. The standard InChI is InChI=1S/C50H32/c1-5-17-34(18-6-1)44-45(35-19-7-2-8-20-35)47(37-23-11-4-12-24-37)50-43-31-30-40(39-29-28-33-16-13-14-25-38(33)32-39)41-26-15-27-42(48(41)43)49(50)46(44)36-21-9-3-10-22-36/h1-32H. The lowest BCUT2D eigenvalue weighted by Gasteiger charge is -2.26. The molecule has 0 nitrogen and oxygen atoms in total. The molecule has 1 aliphatic carbocycles. The summed E-state index contributed by atoms with van der Waals surface area (Å²) in [6, 6.07) is 71.2. The Kier molecular flexibility index (Phi) is 6.60. The molecule has 50 heavy (non-hydrogen) atoms. The van der Waals surface area contributed by atoms with Crippen molar-refractivity contribution in [2.24, 2.45) is 0 Å². The second kappa shape index (κ2) is 11.6. The average molecular weight is 633 g/mol. The Labute approximate surface area is 292 Å². The Hall–Kier alpha value is -6.50.